The molecule has 0 spiro atoms. The number of anilines is 2. The molecule has 1 aliphatic rings. The summed E-state index contributed by atoms with van der Waals surface area (Å²) < 4.78 is 0.961. The van der Waals surface area contributed by atoms with Crippen molar-refractivity contribution >= 4 is 33.3 Å². The van der Waals surface area contributed by atoms with Crippen molar-refractivity contribution < 1.29 is 20.4 Å². The third-order valence-corrected chi connectivity index (χ3v) is 8.11. The molecule has 1 aliphatic carbocycles. The summed E-state index contributed by atoms with van der Waals surface area (Å²) in [6.45, 7) is 3.37. The lowest BCUT2D eigenvalue weighted by molar-refractivity contribution is -0.0545. The van der Waals surface area contributed by atoms with Crippen LogP contribution in [0, 0.1) is 19.8 Å². The molecule has 4 aromatic rings. The predicted molar refractivity (Wildman–Crippen MR) is 147 cm³/mol. The normalized spacial score (nSPS) is 22.1. The zero-order valence-electron chi connectivity index (χ0n) is 21.3. The lowest BCUT2D eigenvalue weighted by atomic mass is 10.0. The maximum atomic E-state index is 11.4. The van der Waals surface area contributed by atoms with Crippen LogP contribution >= 0.6 is 11.3 Å². The minimum absolute atomic E-state index is 0.132. The highest BCUT2D eigenvalue weighted by molar-refractivity contribution is 7.21. The summed E-state index contributed by atoms with van der Waals surface area (Å²) in [7, 11) is 0. The van der Waals surface area contributed by atoms with Crippen LogP contribution in [0.25, 0.3) is 20.8 Å². The SMILES string of the molecule is Cc1nc(NC(CO)Cc2ccccc2)nc(NC2(O)CCC(CO)C2O)c1-c1nc2c(C)nccc2s1. The summed E-state index contributed by atoms with van der Waals surface area (Å²) in [5, 5.41) is 48.8. The molecule has 4 atom stereocenters. The van der Waals surface area contributed by atoms with E-state index in [1.165, 1.54) is 11.3 Å². The molecule has 5 rings (SSSR count). The highest BCUT2D eigenvalue weighted by atomic mass is 32.1. The summed E-state index contributed by atoms with van der Waals surface area (Å²) >= 11 is 1.47. The molecule has 0 saturated heterocycles. The highest BCUT2D eigenvalue weighted by Gasteiger charge is 2.47. The van der Waals surface area contributed by atoms with Crippen molar-refractivity contribution in [2.24, 2.45) is 5.92 Å². The maximum Gasteiger partial charge on any atom is 0.225 e. The van der Waals surface area contributed by atoms with Crippen molar-refractivity contribution in [3.63, 3.8) is 0 Å². The number of aliphatic hydroxyl groups is 4. The van der Waals surface area contributed by atoms with Crippen molar-refractivity contribution in [2.75, 3.05) is 23.8 Å². The second-order valence-electron chi connectivity index (χ2n) is 9.81. The number of fused-ring (bicyclic) bond motifs is 1. The van der Waals surface area contributed by atoms with Crippen molar-refractivity contribution in [2.45, 2.75) is 51.0 Å². The number of thiazole rings is 1. The van der Waals surface area contributed by atoms with Gasteiger partial charge in [-0.3, -0.25) is 4.98 Å². The van der Waals surface area contributed by atoms with Gasteiger partial charge >= 0.3 is 0 Å². The molecular weight excluding hydrogens is 504 g/mol. The fourth-order valence-corrected chi connectivity index (χ4v) is 6.06. The average Bonchev–Trinajstić information content (AvgIpc) is 3.45. The van der Waals surface area contributed by atoms with Crippen molar-refractivity contribution in [3.05, 3.63) is 59.5 Å². The topological polar surface area (TPSA) is 157 Å². The number of aromatic nitrogens is 4. The van der Waals surface area contributed by atoms with E-state index in [9.17, 15) is 20.4 Å². The molecular formula is C27H32N6O4S. The first-order chi connectivity index (χ1) is 18.3. The Balaban J connectivity index is 1.54. The number of nitrogens with zero attached hydrogens (tertiary/aromatic N) is 4. The Labute approximate surface area is 224 Å². The van der Waals surface area contributed by atoms with Gasteiger partial charge < -0.3 is 31.1 Å². The Bertz CT molecular complexity index is 1420. The maximum absolute atomic E-state index is 11.4. The first-order valence-electron chi connectivity index (χ1n) is 12.6. The molecule has 3 heterocycles. The fraction of sp³-hybridized carbons (Fsp3) is 0.407. The van der Waals surface area contributed by atoms with Crippen molar-refractivity contribution in [1.29, 1.82) is 0 Å². The molecule has 10 nitrogen and oxygen atoms in total. The Hall–Kier alpha value is -3.22. The van der Waals surface area contributed by atoms with Crippen LogP contribution in [0.3, 0.4) is 0 Å². The number of hydrogen-bond donors (Lipinski definition) is 6. The second kappa shape index (κ2) is 10.9. The van der Waals surface area contributed by atoms with Gasteiger partial charge in [0.2, 0.25) is 5.95 Å². The van der Waals surface area contributed by atoms with E-state index in [1.807, 2.05) is 50.2 Å². The van der Waals surface area contributed by atoms with Crippen LogP contribution in [-0.2, 0) is 6.42 Å². The first-order valence-corrected chi connectivity index (χ1v) is 13.4. The number of aliphatic hydroxyl groups excluding tert-OH is 3. The van der Waals surface area contributed by atoms with Gasteiger partial charge in [0, 0.05) is 18.7 Å². The van der Waals surface area contributed by atoms with Crippen LogP contribution in [0.1, 0.15) is 29.8 Å². The van der Waals surface area contributed by atoms with Gasteiger partial charge in [-0.05, 0) is 44.7 Å². The fourth-order valence-electron chi connectivity index (χ4n) is 4.95. The molecule has 200 valence electrons. The van der Waals surface area contributed by atoms with Crippen LogP contribution in [0.4, 0.5) is 11.8 Å². The van der Waals surface area contributed by atoms with Gasteiger partial charge in [-0.25, -0.2) is 9.97 Å². The lowest BCUT2D eigenvalue weighted by Crippen LogP contribution is -2.48. The molecule has 38 heavy (non-hydrogen) atoms. The monoisotopic (exact) mass is 536 g/mol. The van der Waals surface area contributed by atoms with E-state index in [0.29, 0.717) is 34.9 Å². The van der Waals surface area contributed by atoms with Crippen LogP contribution in [-0.4, -0.2) is 71.4 Å². The molecule has 4 unspecified atom stereocenters. The van der Waals surface area contributed by atoms with E-state index < -0.39 is 17.7 Å². The molecule has 3 aromatic heterocycles. The number of benzene rings is 1. The summed E-state index contributed by atoms with van der Waals surface area (Å²) in [4.78, 5) is 18.5. The van der Waals surface area contributed by atoms with E-state index in [-0.39, 0.29) is 31.6 Å². The largest absolute Gasteiger partial charge is 0.396 e. The average molecular weight is 537 g/mol. The Morgan fingerprint density at radius 3 is 2.55 bits per heavy atom. The highest BCUT2D eigenvalue weighted by Crippen LogP contribution is 2.41. The van der Waals surface area contributed by atoms with E-state index in [0.717, 1.165) is 21.5 Å². The van der Waals surface area contributed by atoms with Crippen molar-refractivity contribution in [1.82, 2.24) is 19.9 Å². The smallest absolute Gasteiger partial charge is 0.225 e. The second-order valence-corrected chi connectivity index (χ2v) is 10.8. The molecule has 1 fully saturated rings. The number of hydrogen-bond acceptors (Lipinski definition) is 11. The summed E-state index contributed by atoms with van der Waals surface area (Å²) in [5.41, 5.74) is 2.17. The summed E-state index contributed by atoms with van der Waals surface area (Å²) in [6.07, 6.45) is 1.82. The molecule has 6 N–H and O–H groups in total. The molecule has 11 heteroatoms. The van der Waals surface area contributed by atoms with E-state index in [1.54, 1.807) is 6.20 Å². The molecule has 0 radical (unpaired) electrons. The standard InChI is InChI=1S/C27H32N6O4S/c1-15-21(25-31-22-16(2)28-11-9-20(22)38-25)24(33-27(37)10-8-18(13-34)23(27)36)32-26(29-15)30-19(14-35)12-17-6-4-3-5-7-17/h3-7,9,11,18-19,23,34-37H,8,10,12-14H2,1-2H3,(H2,29,30,32,33). The minimum atomic E-state index is -1.69. The van der Waals surface area contributed by atoms with Gasteiger partial charge in [0.25, 0.3) is 0 Å². The van der Waals surface area contributed by atoms with Crippen LogP contribution in [0.5, 0.6) is 0 Å². The minimum Gasteiger partial charge on any atom is -0.396 e. The van der Waals surface area contributed by atoms with Crippen LogP contribution in [0.2, 0.25) is 0 Å². The van der Waals surface area contributed by atoms with E-state index >= 15 is 0 Å². The first kappa shape index (κ1) is 26.4. The number of pyridine rings is 1. The quantitative estimate of drug-likeness (QED) is 0.176. The molecule has 0 aliphatic heterocycles. The molecule has 1 aromatic carbocycles. The van der Waals surface area contributed by atoms with Crippen LogP contribution < -0.4 is 10.6 Å². The molecule has 0 bridgehead atoms. The predicted octanol–water partition coefficient (Wildman–Crippen LogP) is 2.64. The van der Waals surface area contributed by atoms with Gasteiger partial charge in [-0.15, -0.1) is 11.3 Å². The van der Waals surface area contributed by atoms with Gasteiger partial charge in [-0.1, -0.05) is 30.3 Å². The third-order valence-electron chi connectivity index (χ3n) is 7.07. The number of aryl methyl sites for hydroxylation is 2. The Kier molecular flexibility index (Phi) is 7.55. The van der Waals surface area contributed by atoms with E-state index in [4.69, 9.17) is 9.97 Å². The Morgan fingerprint density at radius 2 is 1.87 bits per heavy atom. The zero-order valence-corrected chi connectivity index (χ0v) is 22.1. The zero-order chi connectivity index (χ0) is 26.9. The van der Waals surface area contributed by atoms with Gasteiger partial charge in [0.1, 0.15) is 22.4 Å². The summed E-state index contributed by atoms with van der Waals surface area (Å²) in [6, 6.07) is 11.4. The number of rotatable bonds is 9. The van der Waals surface area contributed by atoms with Gasteiger partial charge in [-0.2, -0.15) is 4.98 Å². The number of nitrogens with one attached hydrogen (secondary N) is 2. The van der Waals surface area contributed by atoms with Crippen molar-refractivity contribution in [3.8, 4) is 10.6 Å². The molecule has 0 amide bonds. The lowest BCUT2D eigenvalue weighted by Gasteiger charge is -2.31. The van der Waals surface area contributed by atoms with Gasteiger partial charge in [0.05, 0.1) is 34.3 Å². The molecule has 1 saturated carbocycles. The van der Waals surface area contributed by atoms with E-state index in [2.05, 4.69) is 20.6 Å². The Morgan fingerprint density at radius 1 is 1.08 bits per heavy atom. The van der Waals surface area contributed by atoms with Gasteiger partial charge in [0.15, 0.2) is 5.72 Å². The third kappa shape index (κ3) is 5.20. The van der Waals surface area contributed by atoms with Crippen LogP contribution in [0.15, 0.2) is 42.6 Å². The summed E-state index contributed by atoms with van der Waals surface area (Å²) in [5.74, 6) is 0.135.